The molecule has 2 heterocycles. The zero-order chi connectivity index (χ0) is 18.7. The van der Waals surface area contributed by atoms with Gasteiger partial charge in [-0.1, -0.05) is 24.3 Å². The third kappa shape index (κ3) is 6.41. The molecule has 1 aliphatic rings. The third-order valence-corrected chi connectivity index (χ3v) is 4.70. The van der Waals surface area contributed by atoms with Gasteiger partial charge in [0.25, 0.3) is 0 Å². The fourth-order valence-electron chi connectivity index (χ4n) is 3.19. The summed E-state index contributed by atoms with van der Waals surface area (Å²) in [7, 11) is 0. The highest BCUT2D eigenvalue weighted by Gasteiger charge is 2.12. The van der Waals surface area contributed by atoms with E-state index in [2.05, 4.69) is 63.7 Å². The number of guanidine groups is 1. The average Bonchev–Trinajstić information content (AvgIpc) is 3.21. The molecule has 0 radical (unpaired) electrons. The predicted molar refractivity (Wildman–Crippen MR) is 110 cm³/mol. The van der Waals surface area contributed by atoms with Crippen molar-refractivity contribution in [1.82, 2.24) is 20.1 Å². The fraction of sp³-hybridized carbons (Fsp3) is 0.476. The number of nitrogens with zero attached hydrogens (tertiary/aromatic N) is 3. The van der Waals surface area contributed by atoms with Crippen LogP contribution in [0.3, 0.4) is 0 Å². The van der Waals surface area contributed by atoms with Crippen LogP contribution in [0.1, 0.15) is 18.1 Å². The predicted octanol–water partition coefficient (Wildman–Crippen LogP) is 2.08. The Balaban J connectivity index is 1.57. The van der Waals surface area contributed by atoms with E-state index in [0.717, 1.165) is 58.4 Å². The summed E-state index contributed by atoms with van der Waals surface area (Å²) in [6.45, 7) is 10.0. The van der Waals surface area contributed by atoms with Gasteiger partial charge in [-0.3, -0.25) is 4.90 Å². The minimum Gasteiger partial charge on any atom is -0.379 e. The van der Waals surface area contributed by atoms with Gasteiger partial charge in [-0.25, -0.2) is 4.99 Å². The second-order valence-corrected chi connectivity index (χ2v) is 6.70. The van der Waals surface area contributed by atoms with Gasteiger partial charge in [-0.2, -0.15) is 0 Å². The van der Waals surface area contributed by atoms with Gasteiger partial charge in [-0.05, 0) is 30.2 Å². The van der Waals surface area contributed by atoms with Gasteiger partial charge in [0, 0.05) is 51.7 Å². The van der Waals surface area contributed by atoms with Crippen molar-refractivity contribution in [3.05, 3.63) is 59.9 Å². The Morgan fingerprint density at radius 2 is 1.78 bits per heavy atom. The van der Waals surface area contributed by atoms with Gasteiger partial charge in [-0.15, -0.1) is 0 Å². The first-order valence-electron chi connectivity index (χ1n) is 9.85. The Morgan fingerprint density at radius 3 is 2.52 bits per heavy atom. The molecule has 1 fully saturated rings. The topological polar surface area (TPSA) is 53.8 Å². The van der Waals surface area contributed by atoms with Crippen LogP contribution in [-0.2, 0) is 24.4 Å². The van der Waals surface area contributed by atoms with Gasteiger partial charge < -0.3 is 19.9 Å². The summed E-state index contributed by atoms with van der Waals surface area (Å²) < 4.78 is 7.62. The van der Waals surface area contributed by atoms with Crippen molar-refractivity contribution in [2.24, 2.45) is 4.99 Å². The maximum atomic E-state index is 5.46. The summed E-state index contributed by atoms with van der Waals surface area (Å²) in [5.74, 6) is 0.867. The van der Waals surface area contributed by atoms with Gasteiger partial charge in [0.15, 0.2) is 5.96 Å². The largest absolute Gasteiger partial charge is 0.379 e. The summed E-state index contributed by atoms with van der Waals surface area (Å²) >= 11 is 0. The van der Waals surface area contributed by atoms with Crippen molar-refractivity contribution in [1.29, 1.82) is 0 Å². The van der Waals surface area contributed by atoms with Crippen molar-refractivity contribution >= 4 is 5.96 Å². The number of benzene rings is 1. The Morgan fingerprint density at radius 1 is 1.04 bits per heavy atom. The van der Waals surface area contributed by atoms with E-state index in [1.165, 1.54) is 11.1 Å². The molecule has 6 heteroatoms. The highest BCUT2D eigenvalue weighted by Crippen LogP contribution is 2.14. The van der Waals surface area contributed by atoms with E-state index in [1.807, 2.05) is 12.1 Å². The molecular weight excluding hydrogens is 338 g/mol. The molecule has 1 saturated heterocycles. The van der Waals surface area contributed by atoms with E-state index in [9.17, 15) is 0 Å². The van der Waals surface area contributed by atoms with Gasteiger partial charge in [0.2, 0.25) is 0 Å². The number of nitrogens with one attached hydrogen (secondary N) is 2. The van der Waals surface area contributed by atoms with Crippen LogP contribution < -0.4 is 10.6 Å². The van der Waals surface area contributed by atoms with Crippen molar-refractivity contribution in [2.45, 2.75) is 26.6 Å². The highest BCUT2D eigenvalue weighted by atomic mass is 16.5. The Hall–Kier alpha value is -2.31. The number of ether oxygens (including phenoxy) is 1. The van der Waals surface area contributed by atoms with Crippen LogP contribution in [0, 0.1) is 0 Å². The van der Waals surface area contributed by atoms with E-state index >= 15 is 0 Å². The summed E-state index contributed by atoms with van der Waals surface area (Å²) in [4.78, 5) is 7.25. The Labute approximate surface area is 162 Å². The van der Waals surface area contributed by atoms with E-state index in [4.69, 9.17) is 9.73 Å². The average molecular weight is 370 g/mol. The van der Waals surface area contributed by atoms with Crippen LogP contribution in [0.25, 0.3) is 0 Å². The van der Waals surface area contributed by atoms with Crippen molar-refractivity contribution in [3.63, 3.8) is 0 Å². The maximum Gasteiger partial charge on any atom is 0.191 e. The van der Waals surface area contributed by atoms with Crippen LogP contribution in [0.4, 0.5) is 0 Å². The zero-order valence-corrected chi connectivity index (χ0v) is 16.2. The molecule has 1 aliphatic heterocycles. The highest BCUT2D eigenvalue weighted by molar-refractivity contribution is 5.79. The number of morpholine rings is 1. The molecule has 3 rings (SSSR count). The molecule has 0 amide bonds. The van der Waals surface area contributed by atoms with Crippen molar-refractivity contribution in [3.8, 4) is 0 Å². The number of aromatic nitrogens is 1. The fourth-order valence-corrected chi connectivity index (χ4v) is 3.19. The van der Waals surface area contributed by atoms with Crippen molar-refractivity contribution < 1.29 is 4.74 Å². The molecule has 146 valence electrons. The van der Waals surface area contributed by atoms with Crippen LogP contribution >= 0.6 is 0 Å². The van der Waals surface area contributed by atoms with E-state index < -0.39 is 0 Å². The molecule has 0 aliphatic carbocycles. The lowest BCUT2D eigenvalue weighted by Gasteiger charge is -2.27. The van der Waals surface area contributed by atoms with Crippen LogP contribution in [0.5, 0.6) is 0 Å². The molecule has 2 aromatic rings. The second-order valence-electron chi connectivity index (χ2n) is 6.70. The summed E-state index contributed by atoms with van der Waals surface area (Å²) in [5.41, 5.74) is 2.64. The van der Waals surface area contributed by atoms with E-state index in [0.29, 0.717) is 6.54 Å². The number of hydrogen-bond acceptors (Lipinski definition) is 3. The summed E-state index contributed by atoms with van der Waals surface area (Å²) in [6, 6.07) is 12.7. The molecule has 0 saturated carbocycles. The molecule has 0 bridgehead atoms. The van der Waals surface area contributed by atoms with Gasteiger partial charge >= 0.3 is 0 Å². The monoisotopic (exact) mass is 369 g/mol. The second kappa shape index (κ2) is 10.7. The van der Waals surface area contributed by atoms with E-state index in [-0.39, 0.29) is 0 Å². The lowest BCUT2D eigenvalue weighted by Crippen LogP contribution is -2.38. The lowest BCUT2D eigenvalue weighted by molar-refractivity contribution is 0.0341. The Kier molecular flexibility index (Phi) is 7.74. The minimum atomic E-state index is 0.680. The number of aliphatic imine (C=N–C) groups is 1. The maximum absolute atomic E-state index is 5.46. The van der Waals surface area contributed by atoms with Crippen molar-refractivity contribution in [2.75, 3.05) is 39.4 Å². The van der Waals surface area contributed by atoms with Crippen LogP contribution in [0.15, 0.2) is 53.8 Å². The molecule has 1 aromatic carbocycles. The first-order chi connectivity index (χ1) is 13.3. The molecule has 2 N–H and O–H groups in total. The first kappa shape index (κ1) is 19.5. The lowest BCUT2D eigenvalue weighted by atomic mass is 10.1. The minimum absolute atomic E-state index is 0.680. The number of hydrogen-bond donors (Lipinski definition) is 2. The number of rotatable bonds is 8. The molecule has 0 spiro atoms. The first-order valence-corrected chi connectivity index (χ1v) is 9.85. The van der Waals surface area contributed by atoms with Crippen LogP contribution in [-0.4, -0.2) is 54.8 Å². The van der Waals surface area contributed by atoms with Crippen LogP contribution in [0.2, 0.25) is 0 Å². The SMILES string of the molecule is CCNC(=NCc1ccccc1CN1CCOCC1)NCCn1cccc1. The third-order valence-electron chi connectivity index (χ3n) is 4.70. The normalized spacial score (nSPS) is 15.7. The Bertz CT molecular complexity index is 692. The standard InChI is InChI=1S/C21H31N5O/c1-2-22-21(23-9-12-25-10-5-6-11-25)24-17-19-7-3-4-8-20(19)18-26-13-15-27-16-14-26/h3-8,10-11H,2,9,12-18H2,1H3,(H2,22,23,24). The van der Waals surface area contributed by atoms with E-state index in [1.54, 1.807) is 0 Å². The molecule has 0 atom stereocenters. The zero-order valence-electron chi connectivity index (χ0n) is 16.2. The smallest absolute Gasteiger partial charge is 0.191 e. The van der Waals surface area contributed by atoms with Gasteiger partial charge in [0.1, 0.15) is 0 Å². The quantitative estimate of drug-likeness (QED) is 0.553. The molecule has 27 heavy (non-hydrogen) atoms. The molecule has 6 nitrogen and oxygen atoms in total. The molecule has 1 aromatic heterocycles. The molecular formula is C21H31N5O. The molecule has 0 unspecified atom stereocenters. The summed E-state index contributed by atoms with van der Waals surface area (Å²) in [5, 5.41) is 6.76. The van der Waals surface area contributed by atoms with Gasteiger partial charge in [0.05, 0.1) is 19.8 Å². The summed E-state index contributed by atoms with van der Waals surface area (Å²) in [6.07, 6.45) is 4.15.